The Labute approximate surface area is 120 Å². The monoisotopic (exact) mass is 302 g/mol. The predicted octanol–water partition coefficient (Wildman–Crippen LogP) is 0.958. The number of nitrogens with one attached hydrogen (secondary N) is 2. The summed E-state index contributed by atoms with van der Waals surface area (Å²) in [4.78, 5) is 12.0. The van der Waals surface area contributed by atoms with Crippen LogP contribution >= 0.6 is 0 Å². The van der Waals surface area contributed by atoms with Gasteiger partial charge in [0.15, 0.2) is 0 Å². The zero-order valence-electron chi connectivity index (χ0n) is 11.3. The molecule has 1 aliphatic heterocycles. The van der Waals surface area contributed by atoms with Crippen molar-refractivity contribution in [2.24, 2.45) is 0 Å². The van der Waals surface area contributed by atoms with Gasteiger partial charge in [0.2, 0.25) is 5.91 Å². The quantitative estimate of drug-likeness (QED) is 0.755. The van der Waals surface area contributed by atoms with E-state index in [9.17, 15) is 18.7 Å². The van der Waals surface area contributed by atoms with Crippen LogP contribution in [0.5, 0.6) is 11.5 Å². The molecule has 0 saturated carbocycles. The Balaban J connectivity index is 2.14. The van der Waals surface area contributed by atoms with Gasteiger partial charge in [-0.05, 0) is 18.6 Å². The molecule has 2 rings (SSSR count). The third-order valence-electron chi connectivity index (χ3n) is 3.08. The number of carbonyl (C=O) groups excluding carboxylic acids is 1. The Morgan fingerprint density at radius 2 is 2.29 bits per heavy atom. The highest BCUT2D eigenvalue weighted by molar-refractivity contribution is 5.96. The number of hydrogen-bond donors (Lipinski definition) is 3. The van der Waals surface area contributed by atoms with Crippen LogP contribution in [0.15, 0.2) is 18.2 Å². The number of alkyl halides is 2. The number of rotatable bonds is 5. The van der Waals surface area contributed by atoms with Crippen molar-refractivity contribution in [2.45, 2.75) is 25.2 Å². The predicted molar refractivity (Wildman–Crippen MR) is 70.7 cm³/mol. The van der Waals surface area contributed by atoms with E-state index in [-0.39, 0.29) is 17.9 Å². The van der Waals surface area contributed by atoms with E-state index in [0.717, 1.165) is 0 Å². The molecule has 1 heterocycles. The molecule has 0 bridgehead atoms. The van der Waals surface area contributed by atoms with E-state index in [1.54, 1.807) is 0 Å². The van der Waals surface area contributed by atoms with Crippen molar-refractivity contribution in [3.05, 3.63) is 18.2 Å². The zero-order chi connectivity index (χ0) is 15.4. The van der Waals surface area contributed by atoms with Gasteiger partial charge >= 0.3 is 6.61 Å². The summed E-state index contributed by atoms with van der Waals surface area (Å²) in [5.41, 5.74) is 0.0860. The first-order chi connectivity index (χ1) is 9.99. The molecule has 0 radical (unpaired) electrons. The first-order valence-corrected chi connectivity index (χ1v) is 6.34. The third-order valence-corrected chi connectivity index (χ3v) is 3.08. The Hall–Kier alpha value is -1.93. The van der Waals surface area contributed by atoms with E-state index in [1.165, 1.54) is 25.3 Å². The highest BCUT2D eigenvalue weighted by atomic mass is 19.3. The number of aliphatic hydroxyl groups excluding tert-OH is 1. The van der Waals surface area contributed by atoms with Crippen LogP contribution < -0.4 is 20.1 Å². The number of methoxy groups -OCH3 is 1. The molecule has 0 aromatic heterocycles. The second kappa shape index (κ2) is 6.68. The van der Waals surface area contributed by atoms with Crippen LogP contribution in [0.4, 0.5) is 14.5 Å². The molecule has 1 aliphatic rings. The summed E-state index contributed by atoms with van der Waals surface area (Å²) < 4.78 is 34.1. The largest absolute Gasteiger partial charge is 0.497 e. The highest BCUT2D eigenvalue weighted by Crippen LogP contribution is 2.30. The molecule has 6 nitrogen and oxygen atoms in total. The van der Waals surface area contributed by atoms with Crippen LogP contribution in [-0.2, 0) is 4.79 Å². The van der Waals surface area contributed by atoms with Crippen molar-refractivity contribution in [1.29, 1.82) is 0 Å². The third kappa shape index (κ3) is 4.02. The fourth-order valence-electron chi connectivity index (χ4n) is 2.07. The molecule has 21 heavy (non-hydrogen) atoms. The van der Waals surface area contributed by atoms with Crippen LogP contribution in [0.2, 0.25) is 0 Å². The molecule has 1 amide bonds. The molecule has 116 valence electrons. The SMILES string of the molecule is COc1ccc(OC(F)F)c(NC(=O)C2CC(O)CN2)c1. The lowest BCUT2D eigenvalue weighted by Crippen LogP contribution is -2.35. The van der Waals surface area contributed by atoms with Crippen molar-refractivity contribution in [3.8, 4) is 11.5 Å². The van der Waals surface area contributed by atoms with E-state index >= 15 is 0 Å². The topological polar surface area (TPSA) is 79.8 Å². The number of hydrogen-bond acceptors (Lipinski definition) is 5. The van der Waals surface area contributed by atoms with Crippen LogP contribution in [0, 0.1) is 0 Å². The molecule has 0 aliphatic carbocycles. The van der Waals surface area contributed by atoms with Crippen LogP contribution in [0.3, 0.4) is 0 Å². The molecular weight excluding hydrogens is 286 g/mol. The maximum absolute atomic E-state index is 12.4. The van der Waals surface area contributed by atoms with Crippen LogP contribution in [-0.4, -0.2) is 43.4 Å². The molecule has 1 aromatic carbocycles. The summed E-state index contributed by atoms with van der Waals surface area (Å²) in [7, 11) is 1.42. The first-order valence-electron chi connectivity index (χ1n) is 6.34. The summed E-state index contributed by atoms with van der Waals surface area (Å²) in [6.45, 7) is -2.68. The number of ether oxygens (including phenoxy) is 2. The molecule has 8 heteroatoms. The van der Waals surface area contributed by atoms with Gasteiger partial charge in [-0.25, -0.2) is 0 Å². The number of anilines is 1. The number of β-amino-alcohol motifs (C(OH)–C–C–N with tert-alkyl or cyclic N) is 1. The maximum Gasteiger partial charge on any atom is 0.387 e. The fraction of sp³-hybridized carbons (Fsp3) is 0.462. The van der Waals surface area contributed by atoms with E-state index in [2.05, 4.69) is 15.4 Å². The van der Waals surface area contributed by atoms with E-state index in [0.29, 0.717) is 12.3 Å². The minimum atomic E-state index is -3.00. The standard InChI is InChI=1S/C13H16F2N2O4/c1-20-8-2-3-11(21-13(14)15)9(5-8)17-12(19)10-4-7(18)6-16-10/h2-3,5,7,10,13,16,18H,4,6H2,1H3,(H,17,19). The van der Waals surface area contributed by atoms with E-state index in [1.807, 2.05) is 0 Å². The molecule has 1 aromatic rings. The summed E-state index contributed by atoms with van der Waals surface area (Å²) in [5, 5.41) is 14.7. The summed E-state index contributed by atoms with van der Waals surface area (Å²) >= 11 is 0. The second-order valence-corrected chi connectivity index (χ2v) is 4.58. The van der Waals surface area contributed by atoms with Gasteiger partial charge in [0.1, 0.15) is 11.5 Å². The fourth-order valence-corrected chi connectivity index (χ4v) is 2.07. The number of halogens is 2. The zero-order valence-corrected chi connectivity index (χ0v) is 11.3. The lowest BCUT2D eigenvalue weighted by atomic mass is 10.2. The molecule has 2 unspecified atom stereocenters. The average Bonchev–Trinajstić information content (AvgIpc) is 2.87. The number of amides is 1. The van der Waals surface area contributed by atoms with Gasteiger partial charge in [-0.15, -0.1) is 0 Å². The summed E-state index contributed by atoms with van der Waals surface area (Å²) in [5.74, 6) is -0.192. The van der Waals surface area contributed by atoms with E-state index < -0.39 is 24.7 Å². The van der Waals surface area contributed by atoms with Crippen LogP contribution in [0.25, 0.3) is 0 Å². The number of benzene rings is 1. The van der Waals surface area contributed by atoms with Gasteiger partial charge in [-0.3, -0.25) is 4.79 Å². The number of aliphatic hydroxyl groups is 1. The molecule has 3 N–H and O–H groups in total. The molecule has 0 spiro atoms. The number of carbonyl (C=O) groups is 1. The Bertz CT molecular complexity index is 513. The smallest absolute Gasteiger partial charge is 0.387 e. The van der Waals surface area contributed by atoms with Gasteiger partial charge in [0.05, 0.1) is 24.9 Å². The second-order valence-electron chi connectivity index (χ2n) is 4.58. The minimum Gasteiger partial charge on any atom is -0.497 e. The van der Waals surface area contributed by atoms with Gasteiger partial charge in [-0.1, -0.05) is 0 Å². The first kappa shape index (κ1) is 15.5. The molecule has 1 fully saturated rings. The summed E-state index contributed by atoms with van der Waals surface area (Å²) in [6, 6.07) is 3.55. The Morgan fingerprint density at radius 3 is 2.86 bits per heavy atom. The average molecular weight is 302 g/mol. The van der Waals surface area contributed by atoms with Gasteiger partial charge < -0.3 is 25.2 Å². The minimum absolute atomic E-state index is 0.0860. The van der Waals surface area contributed by atoms with E-state index in [4.69, 9.17) is 4.74 Å². The Kier molecular flexibility index (Phi) is 4.92. The molecule has 1 saturated heterocycles. The van der Waals surface area contributed by atoms with Crippen molar-refractivity contribution in [1.82, 2.24) is 5.32 Å². The molecular formula is C13H16F2N2O4. The Morgan fingerprint density at radius 1 is 1.52 bits per heavy atom. The lowest BCUT2D eigenvalue weighted by molar-refractivity contribution is -0.118. The molecule has 2 atom stereocenters. The van der Waals surface area contributed by atoms with Crippen molar-refractivity contribution in [3.63, 3.8) is 0 Å². The lowest BCUT2D eigenvalue weighted by Gasteiger charge is -2.15. The van der Waals surface area contributed by atoms with Gasteiger partial charge in [-0.2, -0.15) is 8.78 Å². The van der Waals surface area contributed by atoms with Gasteiger partial charge in [0.25, 0.3) is 0 Å². The van der Waals surface area contributed by atoms with Crippen molar-refractivity contribution < 1.29 is 28.2 Å². The van der Waals surface area contributed by atoms with Crippen molar-refractivity contribution in [2.75, 3.05) is 19.0 Å². The van der Waals surface area contributed by atoms with Crippen LogP contribution in [0.1, 0.15) is 6.42 Å². The summed E-state index contributed by atoms with van der Waals surface area (Å²) in [6.07, 6.45) is -0.330. The highest BCUT2D eigenvalue weighted by Gasteiger charge is 2.28. The normalized spacial score (nSPS) is 21.4. The maximum atomic E-state index is 12.4. The van der Waals surface area contributed by atoms with Gasteiger partial charge in [0, 0.05) is 12.6 Å². The van der Waals surface area contributed by atoms with Crippen molar-refractivity contribution >= 4 is 11.6 Å².